The third kappa shape index (κ3) is 4.27. The highest BCUT2D eigenvalue weighted by molar-refractivity contribution is 14.1. The first-order valence-corrected chi connectivity index (χ1v) is 10.4. The van der Waals surface area contributed by atoms with Gasteiger partial charge in [0.2, 0.25) is 11.6 Å². The summed E-state index contributed by atoms with van der Waals surface area (Å²) in [5.74, 6) is 0.127. The molecule has 1 aliphatic rings. The average Bonchev–Trinajstić information content (AvgIpc) is 2.75. The van der Waals surface area contributed by atoms with E-state index in [1.165, 1.54) is 12.4 Å². The van der Waals surface area contributed by atoms with Gasteiger partial charge in [-0.2, -0.15) is 0 Å². The van der Waals surface area contributed by atoms with Crippen molar-refractivity contribution in [2.75, 3.05) is 41.3 Å². The van der Waals surface area contributed by atoms with Gasteiger partial charge in [-0.3, -0.25) is 10.1 Å². The first kappa shape index (κ1) is 20.3. The van der Waals surface area contributed by atoms with E-state index in [2.05, 4.69) is 37.9 Å². The van der Waals surface area contributed by atoms with E-state index in [4.69, 9.17) is 0 Å². The number of nitrogens with one attached hydrogen (secondary N) is 1. The number of rotatable bonds is 5. The molecule has 0 spiro atoms. The highest BCUT2D eigenvalue weighted by Crippen LogP contribution is 2.34. The van der Waals surface area contributed by atoms with Crippen molar-refractivity contribution in [1.82, 2.24) is 9.97 Å². The number of halogens is 2. The lowest BCUT2D eigenvalue weighted by Gasteiger charge is -2.36. The van der Waals surface area contributed by atoms with Crippen LogP contribution in [0.2, 0.25) is 0 Å². The molecule has 0 unspecified atom stereocenters. The fourth-order valence-electron chi connectivity index (χ4n) is 3.40. The first-order chi connectivity index (χ1) is 14.5. The number of para-hydroxylation sites is 1. The second-order valence-electron chi connectivity index (χ2n) is 6.71. The summed E-state index contributed by atoms with van der Waals surface area (Å²) >= 11 is 2.19. The molecular weight excluding hydrogens is 502 g/mol. The maximum atomic E-state index is 14.1. The molecule has 1 saturated heterocycles. The van der Waals surface area contributed by atoms with E-state index in [1.54, 1.807) is 18.2 Å². The molecule has 1 fully saturated rings. The summed E-state index contributed by atoms with van der Waals surface area (Å²) in [6, 6.07) is 14.1. The molecule has 0 saturated carbocycles. The molecule has 8 nitrogen and oxygen atoms in total. The molecule has 0 radical (unpaired) electrons. The van der Waals surface area contributed by atoms with E-state index < -0.39 is 4.92 Å². The van der Waals surface area contributed by atoms with Gasteiger partial charge in [-0.25, -0.2) is 14.4 Å². The lowest BCUT2D eigenvalue weighted by Crippen LogP contribution is -2.47. The Labute approximate surface area is 186 Å². The van der Waals surface area contributed by atoms with Crippen molar-refractivity contribution in [1.29, 1.82) is 0 Å². The van der Waals surface area contributed by atoms with Crippen molar-refractivity contribution in [3.8, 4) is 0 Å². The Morgan fingerprint density at radius 1 is 1.00 bits per heavy atom. The summed E-state index contributed by atoms with van der Waals surface area (Å²) in [5, 5.41) is 14.9. The van der Waals surface area contributed by atoms with E-state index in [9.17, 15) is 14.5 Å². The average molecular weight is 520 g/mol. The summed E-state index contributed by atoms with van der Waals surface area (Å²) in [5.41, 5.74) is 1.07. The molecule has 0 atom stereocenters. The van der Waals surface area contributed by atoms with Gasteiger partial charge in [0.1, 0.15) is 12.1 Å². The normalized spacial score (nSPS) is 13.9. The van der Waals surface area contributed by atoms with Gasteiger partial charge in [-0.1, -0.05) is 12.1 Å². The largest absolute Gasteiger partial charge is 0.366 e. The smallest absolute Gasteiger partial charge is 0.353 e. The van der Waals surface area contributed by atoms with Crippen LogP contribution in [0.25, 0.3) is 0 Å². The number of hydrogen-bond acceptors (Lipinski definition) is 7. The number of piperazine rings is 1. The Bertz CT molecular complexity index is 1060. The molecule has 1 N–H and O–H groups in total. The van der Waals surface area contributed by atoms with Crippen LogP contribution in [-0.4, -0.2) is 41.1 Å². The molecule has 0 amide bonds. The highest BCUT2D eigenvalue weighted by atomic mass is 127. The van der Waals surface area contributed by atoms with Gasteiger partial charge in [-0.05, 0) is 59.0 Å². The molecule has 2 heterocycles. The maximum absolute atomic E-state index is 14.1. The van der Waals surface area contributed by atoms with Crippen LogP contribution < -0.4 is 15.1 Å². The summed E-state index contributed by atoms with van der Waals surface area (Å²) in [6.07, 6.45) is 1.32. The van der Waals surface area contributed by atoms with Crippen molar-refractivity contribution < 1.29 is 9.31 Å². The molecule has 0 bridgehead atoms. The van der Waals surface area contributed by atoms with Crippen LogP contribution in [0.4, 0.5) is 33.1 Å². The number of hydrogen-bond donors (Lipinski definition) is 1. The van der Waals surface area contributed by atoms with E-state index in [-0.39, 0.29) is 23.1 Å². The zero-order valence-corrected chi connectivity index (χ0v) is 18.0. The monoisotopic (exact) mass is 520 g/mol. The Morgan fingerprint density at radius 2 is 1.67 bits per heavy atom. The van der Waals surface area contributed by atoms with E-state index >= 15 is 0 Å². The van der Waals surface area contributed by atoms with Gasteiger partial charge >= 0.3 is 5.69 Å². The SMILES string of the molecule is O=[N+]([O-])c1c(Nc2ccc(I)cc2)ncnc1N1CCN(c2ccccc2F)CC1. The summed E-state index contributed by atoms with van der Waals surface area (Å²) in [6.45, 7) is 2.02. The van der Waals surface area contributed by atoms with Crippen LogP contribution in [0.1, 0.15) is 0 Å². The second-order valence-corrected chi connectivity index (χ2v) is 7.95. The first-order valence-electron chi connectivity index (χ1n) is 9.29. The maximum Gasteiger partial charge on any atom is 0.353 e. The predicted molar refractivity (Wildman–Crippen MR) is 122 cm³/mol. The highest BCUT2D eigenvalue weighted by Gasteiger charge is 2.29. The summed E-state index contributed by atoms with van der Waals surface area (Å²) in [4.78, 5) is 23.5. The minimum absolute atomic E-state index is 0.141. The van der Waals surface area contributed by atoms with Crippen molar-refractivity contribution in [2.45, 2.75) is 0 Å². The van der Waals surface area contributed by atoms with Gasteiger partial charge in [0.15, 0.2) is 0 Å². The third-order valence-electron chi connectivity index (χ3n) is 4.86. The van der Waals surface area contributed by atoms with Crippen molar-refractivity contribution in [3.63, 3.8) is 0 Å². The zero-order chi connectivity index (χ0) is 21.1. The summed E-state index contributed by atoms with van der Waals surface area (Å²) < 4.78 is 15.1. The lowest BCUT2D eigenvalue weighted by molar-refractivity contribution is -0.383. The second kappa shape index (κ2) is 8.78. The number of aromatic nitrogens is 2. The minimum atomic E-state index is -0.465. The molecular formula is C20H18FIN6O2. The van der Waals surface area contributed by atoms with Gasteiger partial charge in [0, 0.05) is 35.4 Å². The fourth-order valence-corrected chi connectivity index (χ4v) is 3.76. The third-order valence-corrected chi connectivity index (χ3v) is 5.58. The van der Waals surface area contributed by atoms with Gasteiger partial charge in [0.25, 0.3) is 0 Å². The number of nitro groups is 1. The van der Waals surface area contributed by atoms with Crippen LogP contribution in [0.15, 0.2) is 54.9 Å². The van der Waals surface area contributed by atoms with E-state index in [0.29, 0.717) is 37.6 Å². The van der Waals surface area contributed by atoms with Crippen LogP contribution in [0.5, 0.6) is 0 Å². The van der Waals surface area contributed by atoms with E-state index in [0.717, 1.165) is 3.57 Å². The minimum Gasteiger partial charge on any atom is -0.366 e. The standard InChI is InChI=1S/C20H18FIN6O2/c21-16-3-1-2-4-17(16)26-9-11-27(12-10-26)20-18(28(29)30)19(23-13-24-20)25-15-7-5-14(22)6-8-15/h1-8,13H,9-12H2,(H,23,24,25). The van der Waals surface area contributed by atoms with E-state index in [1.807, 2.05) is 34.1 Å². The Morgan fingerprint density at radius 3 is 2.33 bits per heavy atom. The summed E-state index contributed by atoms with van der Waals surface area (Å²) in [7, 11) is 0. The van der Waals surface area contributed by atoms with Crippen molar-refractivity contribution >= 4 is 51.3 Å². The molecule has 0 aliphatic carbocycles. The molecule has 4 rings (SSSR count). The van der Waals surface area contributed by atoms with Gasteiger partial charge < -0.3 is 15.1 Å². The van der Waals surface area contributed by atoms with Crippen LogP contribution in [-0.2, 0) is 0 Å². The Kier molecular flexibility index (Phi) is 5.93. The molecule has 154 valence electrons. The number of benzene rings is 2. The molecule has 2 aromatic carbocycles. The van der Waals surface area contributed by atoms with Gasteiger partial charge in [-0.15, -0.1) is 0 Å². The van der Waals surface area contributed by atoms with Crippen LogP contribution >= 0.6 is 22.6 Å². The van der Waals surface area contributed by atoms with Crippen molar-refractivity contribution in [3.05, 3.63) is 74.4 Å². The Hall–Kier alpha value is -3.02. The Balaban J connectivity index is 1.56. The number of nitrogens with zero attached hydrogens (tertiary/aromatic N) is 5. The quantitative estimate of drug-likeness (QED) is 0.307. The van der Waals surface area contributed by atoms with Crippen molar-refractivity contribution in [2.24, 2.45) is 0 Å². The molecule has 10 heteroatoms. The van der Waals surface area contributed by atoms with Crippen LogP contribution in [0, 0.1) is 19.5 Å². The molecule has 30 heavy (non-hydrogen) atoms. The molecule has 1 aromatic heterocycles. The number of anilines is 4. The molecule has 1 aliphatic heterocycles. The zero-order valence-electron chi connectivity index (χ0n) is 15.8. The predicted octanol–water partition coefficient (Wildman–Crippen LogP) is 4.20. The van der Waals surface area contributed by atoms with Gasteiger partial charge in [0.05, 0.1) is 10.6 Å². The fraction of sp³-hybridized carbons (Fsp3) is 0.200. The topological polar surface area (TPSA) is 87.4 Å². The lowest BCUT2D eigenvalue weighted by atomic mass is 10.2. The molecule has 3 aromatic rings. The van der Waals surface area contributed by atoms with Crippen LogP contribution in [0.3, 0.4) is 0 Å².